The number of halogens is 4. The molecule has 0 bridgehead atoms. The molecule has 41 heavy (non-hydrogen) atoms. The van der Waals surface area contributed by atoms with E-state index in [0.29, 0.717) is 28.7 Å². The lowest BCUT2D eigenvalue weighted by molar-refractivity contribution is -0.137. The Kier molecular flexibility index (Phi) is 6.40. The SMILES string of the molecule is O=C(c1ccc(C(F)(F)F)cn1)[C@]12Cc3cnn(-c4ccc(F)cc4)c3C=C1CC[C@H](S(=O)(=O)c1ccccn1)C2. The Labute approximate surface area is 232 Å². The quantitative estimate of drug-likeness (QED) is 0.223. The Morgan fingerprint density at radius 3 is 2.44 bits per heavy atom. The number of nitrogens with zero attached hydrogens (tertiary/aromatic N) is 4. The zero-order chi connectivity index (χ0) is 29.0. The second-order valence-electron chi connectivity index (χ2n) is 10.2. The summed E-state index contributed by atoms with van der Waals surface area (Å²) in [7, 11) is -3.93. The van der Waals surface area contributed by atoms with Crippen LogP contribution < -0.4 is 0 Å². The first kappa shape index (κ1) is 27.0. The molecule has 0 unspecified atom stereocenters. The summed E-state index contributed by atoms with van der Waals surface area (Å²) in [5.74, 6) is -0.965. The van der Waals surface area contributed by atoms with Crippen LogP contribution in [-0.2, 0) is 22.4 Å². The molecular weight excluding hydrogens is 560 g/mol. The molecule has 0 N–H and O–H groups in total. The number of fused-ring (bicyclic) bond motifs is 2. The van der Waals surface area contributed by atoms with Crippen molar-refractivity contribution in [2.45, 2.75) is 42.1 Å². The molecule has 2 aliphatic carbocycles. The van der Waals surface area contributed by atoms with Crippen LogP contribution in [0.4, 0.5) is 17.6 Å². The number of aromatic nitrogens is 4. The first-order chi connectivity index (χ1) is 19.5. The summed E-state index contributed by atoms with van der Waals surface area (Å²) < 4.78 is 81.9. The zero-order valence-corrected chi connectivity index (χ0v) is 22.2. The van der Waals surface area contributed by atoms with Gasteiger partial charge in [-0.2, -0.15) is 18.3 Å². The van der Waals surface area contributed by atoms with Gasteiger partial charge in [0.2, 0.25) is 0 Å². The third kappa shape index (κ3) is 4.65. The number of ketones is 1. The Hall–Kier alpha value is -4.19. The fraction of sp³-hybridized carbons (Fsp3) is 0.241. The van der Waals surface area contributed by atoms with Crippen LogP contribution in [0.5, 0.6) is 0 Å². The number of carbonyl (C=O) groups is 1. The number of alkyl halides is 3. The van der Waals surface area contributed by atoms with Crippen LogP contribution in [-0.4, -0.2) is 39.2 Å². The van der Waals surface area contributed by atoms with Gasteiger partial charge in [0.1, 0.15) is 11.5 Å². The molecule has 1 aromatic carbocycles. The van der Waals surface area contributed by atoms with Crippen LogP contribution in [0.25, 0.3) is 11.8 Å². The van der Waals surface area contributed by atoms with Crippen molar-refractivity contribution in [3.63, 3.8) is 0 Å². The van der Waals surface area contributed by atoms with Crippen molar-refractivity contribution < 1.29 is 30.8 Å². The average Bonchev–Trinajstić information content (AvgIpc) is 3.38. The van der Waals surface area contributed by atoms with Crippen LogP contribution in [0.2, 0.25) is 0 Å². The summed E-state index contributed by atoms with van der Waals surface area (Å²) in [5.41, 5.74) is 0.00587. The smallest absolute Gasteiger partial charge is 0.291 e. The van der Waals surface area contributed by atoms with Gasteiger partial charge in [-0.15, -0.1) is 0 Å². The molecule has 1 fully saturated rings. The van der Waals surface area contributed by atoms with Gasteiger partial charge in [-0.25, -0.2) is 22.5 Å². The number of sulfone groups is 1. The van der Waals surface area contributed by atoms with Gasteiger partial charge in [0, 0.05) is 12.4 Å². The lowest BCUT2D eigenvalue weighted by Gasteiger charge is -2.43. The first-order valence-electron chi connectivity index (χ1n) is 12.8. The molecular formula is C29H22F4N4O3S. The van der Waals surface area contributed by atoms with Crippen LogP contribution in [0.3, 0.4) is 0 Å². The van der Waals surface area contributed by atoms with Crippen molar-refractivity contribution in [2.24, 2.45) is 5.41 Å². The molecule has 4 aromatic rings. The summed E-state index contributed by atoms with van der Waals surface area (Å²) >= 11 is 0. The lowest BCUT2D eigenvalue weighted by atomic mass is 9.61. The van der Waals surface area contributed by atoms with Crippen molar-refractivity contribution in [1.29, 1.82) is 0 Å². The van der Waals surface area contributed by atoms with E-state index < -0.39 is 43.8 Å². The molecule has 0 radical (unpaired) electrons. The lowest BCUT2D eigenvalue weighted by Crippen LogP contribution is -2.46. The number of rotatable bonds is 5. The van der Waals surface area contributed by atoms with Gasteiger partial charge in [-0.05, 0) is 85.9 Å². The molecule has 12 heteroatoms. The van der Waals surface area contributed by atoms with Crippen LogP contribution in [0.1, 0.15) is 46.6 Å². The minimum absolute atomic E-state index is 0.0745. The highest BCUT2D eigenvalue weighted by molar-refractivity contribution is 7.92. The Morgan fingerprint density at radius 2 is 1.78 bits per heavy atom. The van der Waals surface area contributed by atoms with Crippen molar-refractivity contribution in [3.05, 3.63) is 107 Å². The topological polar surface area (TPSA) is 94.8 Å². The van der Waals surface area contributed by atoms with E-state index in [1.54, 1.807) is 41.2 Å². The Bertz CT molecular complexity index is 1770. The maximum atomic E-state index is 14.2. The highest BCUT2D eigenvalue weighted by Crippen LogP contribution is 2.51. The van der Waals surface area contributed by atoms with E-state index in [1.807, 2.05) is 0 Å². The summed E-state index contributed by atoms with van der Waals surface area (Å²) in [6.45, 7) is 0. The number of carbonyl (C=O) groups excluding carboxylic acids is 1. The van der Waals surface area contributed by atoms with Gasteiger partial charge < -0.3 is 0 Å². The van der Waals surface area contributed by atoms with Gasteiger partial charge in [0.15, 0.2) is 20.6 Å². The molecule has 210 valence electrons. The van der Waals surface area contributed by atoms with E-state index in [-0.39, 0.29) is 36.4 Å². The second kappa shape index (κ2) is 9.72. The van der Waals surface area contributed by atoms with Crippen molar-refractivity contribution in [2.75, 3.05) is 0 Å². The Morgan fingerprint density at radius 1 is 1.00 bits per heavy atom. The molecule has 0 saturated heterocycles. The summed E-state index contributed by atoms with van der Waals surface area (Å²) in [5, 5.41) is 3.38. The van der Waals surface area contributed by atoms with Crippen LogP contribution in [0, 0.1) is 11.2 Å². The number of pyridine rings is 2. The molecule has 0 spiro atoms. The number of Topliss-reactive ketones (excluding diaryl/α,β-unsaturated/α-hetero) is 1. The number of hydrogen-bond donors (Lipinski definition) is 0. The van der Waals surface area contributed by atoms with E-state index in [2.05, 4.69) is 15.1 Å². The van der Waals surface area contributed by atoms with E-state index >= 15 is 0 Å². The highest BCUT2D eigenvalue weighted by atomic mass is 32.2. The molecule has 0 aliphatic heterocycles. The molecule has 6 rings (SSSR count). The van der Waals surface area contributed by atoms with Gasteiger partial charge in [-0.3, -0.25) is 9.78 Å². The molecule has 7 nitrogen and oxygen atoms in total. The monoisotopic (exact) mass is 582 g/mol. The van der Waals surface area contributed by atoms with Crippen LogP contribution >= 0.6 is 0 Å². The summed E-state index contributed by atoms with van der Waals surface area (Å²) in [4.78, 5) is 22.1. The zero-order valence-electron chi connectivity index (χ0n) is 21.3. The van der Waals surface area contributed by atoms with E-state index in [9.17, 15) is 30.8 Å². The average molecular weight is 583 g/mol. The maximum Gasteiger partial charge on any atom is 0.417 e. The Balaban J connectivity index is 1.45. The van der Waals surface area contributed by atoms with E-state index in [4.69, 9.17) is 0 Å². The molecule has 3 heterocycles. The third-order valence-corrected chi connectivity index (χ3v) is 9.92. The molecule has 2 atom stereocenters. The minimum atomic E-state index is -4.63. The third-order valence-electron chi connectivity index (χ3n) is 7.81. The molecule has 1 saturated carbocycles. The summed E-state index contributed by atoms with van der Waals surface area (Å²) in [6.07, 6.45) is 1.17. The van der Waals surface area contributed by atoms with Gasteiger partial charge in [-0.1, -0.05) is 11.6 Å². The fourth-order valence-corrected chi connectivity index (χ4v) is 7.49. The molecule has 3 aromatic heterocycles. The second-order valence-corrected chi connectivity index (χ2v) is 12.4. The molecule has 0 amide bonds. The number of benzene rings is 1. The standard InChI is InChI=1S/C29H22F4N4O3S/c30-21-6-8-22(9-7-21)37-25-13-19-4-10-23(41(39,40)26-3-1-2-12-34-26)15-28(19,14-18(25)16-36-37)27(38)24-11-5-20(17-35-24)29(31,32)33/h1-3,5-9,11-13,16-17,23H,4,10,14-15H2/t23-,28-/m0/s1. The normalized spacial score (nSPS) is 20.6. The summed E-state index contributed by atoms with van der Waals surface area (Å²) in [6, 6.07) is 12.1. The highest BCUT2D eigenvalue weighted by Gasteiger charge is 2.52. The van der Waals surface area contributed by atoms with Crippen molar-refractivity contribution in [1.82, 2.24) is 19.7 Å². The number of allylic oxidation sites excluding steroid dienone is 1. The first-order valence-corrected chi connectivity index (χ1v) is 14.3. The largest absolute Gasteiger partial charge is 0.417 e. The van der Waals surface area contributed by atoms with Crippen molar-refractivity contribution >= 4 is 21.7 Å². The van der Waals surface area contributed by atoms with Gasteiger partial charge in [0.25, 0.3) is 0 Å². The minimum Gasteiger partial charge on any atom is -0.291 e. The van der Waals surface area contributed by atoms with Gasteiger partial charge in [0.05, 0.1) is 33.8 Å². The van der Waals surface area contributed by atoms with Crippen LogP contribution in [0.15, 0.2) is 83.8 Å². The van der Waals surface area contributed by atoms with E-state index in [0.717, 1.165) is 12.1 Å². The number of hydrogen-bond acceptors (Lipinski definition) is 6. The van der Waals surface area contributed by atoms with E-state index in [1.165, 1.54) is 24.4 Å². The predicted molar refractivity (Wildman–Crippen MR) is 140 cm³/mol. The fourth-order valence-electron chi connectivity index (χ4n) is 5.74. The molecule has 2 aliphatic rings. The van der Waals surface area contributed by atoms with Crippen molar-refractivity contribution in [3.8, 4) is 5.69 Å². The predicted octanol–water partition coefficient (Wildman–Crippen LogP) is 5.66. The van der Waals surface area contributed by atoms with Gasteiger partial charge >= 0.3 is 6.18 Å². The maximum absolute atomic E-state index is 14.2.